The lowest BCUT2D eigenvalue weighted by Gasteiger charge is -2.35. The Morgan fingerprint density at radius 1 is 1.27 bits per heavy atom. The molecule has 1 rings (SSSR count). The summed E-state index contributed by atoms with van der Waals surface area (Å²) in [5.41, 5.74) is -0.432. The number of carbonyl (C=O) groups excluding carboxylic acids is 1. The Kier molecular flexibility index (Phi) is 7.32. The molecule has 1 fully saturated rings. The number of hydrogen-bond acceptors (Lipinski definition) is 5. The van der Waals surface area contributed by atoms with Crippen molar-refractivity contribution in [3.63, 3.8) is 0 Å². The Bertz CT molecular complexity index is 453. The molecule has 0 saturated carbocycles. The highest BCUT2D eigenvalue weighted by atomic mass is 32.2. The van der Waals surface area contributed by atoms with Crippen molar-refractivity contribution in [3.05, 3.63) is 0 Å². The molecule has 0 N–H and O–H groups in total. The zero-order valence-corrected chi connectivity index (χ0v) is 15.2. The van der Waals surface area contributed by atoms with E-state index in [0.717, 1.165) is 32.4 Å². The van der Waals surface area contributed by atoms with Gasteiger partial charge in [-0.25, -0.2) is 8.42 Å². The fourth-order valence-electron chi connectivity index (χ4n) is 2.89. The fourth-order valence-corrected chi connectivity index (χ4v) is 3.54. The third-order valence-corrected chi connectivity index (χ3v) is 4.84. The minimum Gasteiger partial charge on any atom is -0.460 e. The molecule has 1 aliphatic rings. The Balaban J connectivity index is 2.40. The van der Waals surface area contributed by atoms with Gasteiger partial charge in [-0.1, -0.05) is 6.42 Å². The van der Waals surface area contributed by atoms with E-state index in [2.05, 4.69) is 4.90 Å². The van der Waals surface area contributed by atoms with Gasteiger partial charge >= 0.3 is 5.97 Å². The third-order valence-electron chi connectivity index (χ3n) is 3.81. The van der Waals surface area contributed by atoms with Crippen LogP contribution in [0.5, 0.6) is 0 Å². The normalized spacial score (nSPS) is 20.8. The lowest BCUT2D eigenvalue weighted by Crippen LogP contribution is -2.41. The molecule has 0 aliphatic carbocycles. The largest absolute Gasteiger partial charge is 0.460 e. The molecule has 6 heteroatoms. The highest BCUT2D eigenvalue weighted by Gasteiger charge is 2.24. The van der Waals surface area contributed by atoms with Crippen molar-refractivity contribution in [3.8, 4) is 0 Å². The highest BCUT2D eigenvalue weighted by molar-refractivity contribution is 7.90. The number of piperidine rings is 1. The van der Waals surface area contributed by atoms with Crippen molar-refractivity contribution in [2.24, 2.45) is 0 Å². The van der Waals surface area contributed by atoms with Crippen LogP contribution in [0.2, 0.25) is 0 Å². The number of carbonyl (C=O) groups is 1. The van der Waals surface area contributed by atoms with E-state index in [9.17, 15) is 13.2 Å². The van der Waals surface area contributed by atoms with Crippen LogP contribution in [0.1, 0.15) is 59.3 Å². The average molecular weight is 333 g/mol. The number of ether oxygens (including phenoxy) is 1. The molecule has 130 valence electrons. The van der Waals surface area contributed by atoms with Gasteiger partial charge in [0.1, 0.15) is 15.4 Å². The maximum absolute atomic E-state index is 11.8. The number of rotatable bonds is 7. The van der Waals surface area contributed by atoms with Gasteiger partial charge in [-0.2, -0.15) is 0 Å². The van der Waals surface area contributed by atoms with E-state index < -0.39 is 15.4 Å². The molecule has 0 spiro atoms. The number of sulfone groups is 1. The number of nitrogens with zero attached hydrogens (tertiary/aromatic N) is 1. The summed E-state index contributed by atoms with van der Waals surface area (Å²) in [6.07, 6.45) is 6.61. The van der Waals surface area contributed by atoms with Gasteiger partial charge in [-0.05, 0) is 59.5 Å². The quantitative estimate of drug-likeness (QED) is 0.669. The summed E-state index contributed by atoms with van der Waals surface area (Å²) in [7, 11) is -2.89. The zero-order valence-electron chi connectivity index (χ0n) is 14.4. The molecule has 1 heterocycles. The molecular formula is C16H31NO4S. The topological polar surface area (TPSA) is 63.7 Å². The summed E-state index contributed by atoms with van der Waals surface area (Å²) in [5, 5.41) is 0. The van der Waals surface area contributed by atoms with Gasteiger partial charge in [0.15, 0.2) is 0 Å². The zero-order chi connectivity index (χ0) is 16.8. The van der Waals surface area contributed by atoms with Gasteiger partial charge < -0.3 is 9.64 Å². The van der Waals surface area contributed by atoms with Crippen LogP contribution in [0.3, 0.4) is 0 Å². The molecule has 1 aliphatic heterocycles. The summed E-state index contributed by atoms with van der Waals surface area (Å²) >= 11 is 0. The van der Waals surface area contributed by atoms with Gasteiger partial charge in [0.25, 0.3) is 0 Å². The van der Waals surface area contributed by atoms with E-state index in [1.54, 1.807) is 0 Å². The smallest absolute Gasteiger partial charge is 0.306 e. The van der Waals surface area contributed by atoms with Crippen LogP contribution < -0.4 is 0 Å². The maximum atomic E-state index is 11.8. The van der Waals surface area contributed by atoms with Gasteiger partial charge in [-0.15, -0.1) is 0 Å². The molecule has 0 unspecified atom stereocenters. The van der Waals surface area contributed by atoms with Crippen molar-refractivity contribution in [2.75, 3.05) is 25.1 Å². The Morgan fingerprint density at radius 2 is 1.95 bits per heavy atom. The summed E-state index contributed by atoms with van der Waals surface area (Å²) < 4.78 is 27.8. The SMILES string of the molecule is CC(C)(C)OC(=O)CC[C@@H]1CCCCN1CCCS(C)(=O)=O. The van der Waals surface area contributed by atoms with E-state index in [1.165, 1.54) is 12.7 Å². The molecule has 0 aromatic heterocycles. The average Bonchev–Trinajstić information content (AvgIpc) is 2.34. The molecule has 1 saturated heterocycles. The summed E-state index contributed by atoms with van der Waals surface area (Å²) in [6.45, 7) is 7.43. The molecule has 22 heavy (non-hydrogen) atoms. The highest BCUT2D eigenvalue weighted by Crippen LogP contribution is 2.22. The Labute approximate surface area is 135 Å². The predicted octanol–water partition coefficient (Wildman–Crippen LogP) is 2.40. The van der Waals surface area contributed by atoms with Crippen LogP contribution in [0, 0.1) is 0 Å². The number of esters is 1. The first-order valence-corrected chi connectivity index (χ1v) is 10.3. The van der Waals surface area contributed by atoms with E-state index in [-0.39, 0.29) is 11.7 Å². The van der Waals surface area contributed by atoms with Crippen LogP contribution >= 0.6 is 0 Å². The second-order valence-corrected chi connectivity index (χ2v) is 9.55. The molecule has 0 aromatic rings. The first-order valence-electron chi connectivity index (χ1n) is 8.20. The second kappa shape index (κ2) is 8.29. The number of hydrogen-bond donors (Lipinski definition) is 0. The van der Waals surface area contributed by atoms with Gasteiger partial charge in [0.2, 0.25) is 0 Å². The monoisotopic (exact) mass is 333 g/mol. The second-order valence-electron chi connectivity index (χ2n) is 7.29. The van der Waals surface area contributed by atoms with Crippen LogP contribution in [0.4, 0.5) is 0 Å². The van der Waals surface area contributed by atoms with Gasteiger partial charge in [-0.3, -0.25) is 4.79 Å². The Hall–Kier alpha value is -0.620. The minimum absolute atomic E-state index is 0.144. The summed E-state index contributed by atoms with van der Waals surface area (Å²) in [5.74, 6) is 0.0941. The van der Waals surface area contributed by atoms with Crippen LogP contribution in [-0.4, -0.2) is 56.0 Å². The Morgan fingerprint density at radius 3 is 2.55 bits per heavy atom. The van der Waals surface area contributed by atoms with Crippen molar-refractivity contribution in [2.45, 2.75) is 70.9 Å². The lowest BCUT2D eigenvalue weighted by atomic mass is 9.97. The fraction of sp³-hybridized carbons (Fsp3) is 0.938. The first-order chi connectivity index (χ1) is 10.1. The molecule has 0 bridgehead atoms. The van der Waals surface area contributed by atoms with Crippen LogP contribution in [0.15, 0.2) is 0 Å². The van der Waals surface area contributed by atoms with Gasteiger partial charge in [0.05, 0.1) is 5.75 Å². The van der Waals surface area contributed by atoms with E-state index in [0.29, 0.717) is 18.9 Å². The van der Waals surface area contributed by atoms with Crippen molar-refractivity contribution in [1.82, 2.24) is 4.90 Å². The molecule has 0 amide bonds. The first kappa shape index (κ1) is 19.4. The van der Waals surface area contributed by atoms with Crippen molar-refractivity contribution < 1.29 is 17.9 Å². The molecule has 1 atom stereocenters. The maximum Gasteiger partial charge on any atom is 0.306 e. The van der Waals surface area contributed by atoms with E-state index in [1.807, 2.05) is 20.8 Å². The molecular weight excluding hydrogens is 302 g/mol. The minimum atomic E-state index is -2.89. The van der Waals surface area contributed by atoms with E-state index in [4.69, 9.17) is 4.74 Å². The van der Waals surface area contributed by atoms with Gasteiger partial charge in [0, 0.05) is 18.7 Å². The van der Waals surface area contributed by atoms with Crippen LogP contribution in [-0.2, 0) is 19.4 Å². The third kappa shape index (κ3) is 8.73. The van der Waals surface area contributed by atoms with Crippen molar-refractivity contribution in [1.29, 1.82) is 0 Å². The van der Waals surface area contributed by atoms with E-state index >= 15 is 0 Å². The number of likely N-dealkylation sites (tertiary alicyclic amines) is 1. The summed E-state index contributed by atoms with van der Waals surface area (Å²) in [6, 6.07) is 0.376. The van der Waals surface area contributed by atoms with Crippen LogP contribution in [0.25, 0.3) is 0 Å². The molecule has 0 radical (unpaired) electrons. The standard InChI is InChI=1S/C16H31NO4S/c1-16(2,3)21-15(18)10-9-14-8-5-6-11-17(14)12-7-13-22(4,19)20/h14H,5-13H2,1-4H3/t14-/m0/s1. The molecule has 5 nitrogen and oxygen atoms in total. The predicted molar refractivity (Wildman–Crippen MR) is 88.6 cm³/mol. The summed E-state index contributed by atoms with van der Waals surface area (Å²) in [4.78, 5) is 14.2. The lowest BCUT2D eigenvalue weighted by molar-refractivity contribution is -0.155. The van der Waals surface area contributed by atoms with Crippen molar-refractivity contribution >= 4 is 15.8 Å². The molecule has 0 aromatic carbocycles.